The summed E-state index contributed by atoms with van der Waals surface area (Å²) in [7, 11) is 4.06. The zero-order valence-corrected chi connectivity index (χ0v) is 15.4. The summed E-state index contributed by atoms with van der Waals surface area (Å²) in [4.78, 5) is 15.9. The van der Waals surface area contributed by atoms with Gasteiger partial charge in [-0.05, 0) is 23.8 Å². The van der Waals surface area contributed by atoms with E-state index >= 15 is 0 Å². The molecule has 2 aromatic heterocycles. The number of hydrogen-bond donors (Lipinski definition) is 1. The third kappa shape index (κ3) is 3.44. The van der Waals surface area contributed by atoms with Crippen molar-refractivity contribution in [2.45, 2.75) is 6.42 Å². The lowest BCUT2D eigenvalue weighted by atomic mass is 10.1. The maximum absolute atomic E-state index is 5.93. The van der Waals surface area contributed by atoms with E-state index in [1.54, 1.807) is 0 Å². The molecule has 0 aliphatic heterocycles. The fourth-order valence-electron chi connectivity index (χ4n) is 3.24. The van der Waals surface area contributed by atoms with E-state index in [9.17, 15) is 0 Å². The largest absolute Gasteiger partial charge is 0.377 e. The molecule has 134 valence electrons. The lowest BCUT2D eigenvalue weighted by Gasteiger charge is -2.17. The zero-order chi connectivity index (χ0) is 18.8. The van der Waals surface area contributed by atoms with Crippen molar-refractivity contribution in [2.24, 2.45) is 0 Å². The van der Waals surface area contributed by atoms with Crippen molar-refractivity contribution >= 4 is 22.7 Å². The first kappa shape index (κ1) is 17.0. The van der Waals surface area contributed by atoms with Gasteiger partial charge in [0.25, 0.3) is 0 Å². The third-order valence-electron chi connectivity index (χ3n) is 4.51. The molecule has 0 atom stereocenters. The van der Waals surface area contributed by atoms with Crippen molar-refractivity contribution in [1.29, 1.82) is 0 Å². The summed E-state index contributed by atoms with van der Waals surface area (Å²) < 4.78 is 0. The Morgan fingerprint density at radius 3 is 2.33 bits per heavy atom. The second kappa shape index (κ2) is 7.03. The van der Waals surface area contributed by atoms with Gasteiger partial charge in [0.2, 0.25) is 5.95 Å². The van der Waals surface area contributed by atoms with Crippen molar-refractivity contribution in [3.63, 3.8) is 0 Å². The van der Waals surface area contributed by atoms with Gasteiger partial charge < -0.3 is 10.6 Å². The maximum Gasteiger partial charge on any atom is 0.220 e. The first-order chi connectivity index (χ1) is 13.1. The van der Waals surface area contributed by atoms with Crippen LogP contribution in [0.5, 0.6) is 0 Å². The number of nitrogens with zero attached hydrogens (tertiary/aromatic N) is 4. The molecule has 0 saturated heterocycles. The van der Waals surface area contributed by atoms with Crippen LogP contribution in [0, 0.1) is 0 Å². The van der Waals surface area contributed by atoms with E-state index in [0.29, 0.717) is 6.42 Å². The normalized spacial score (nSPS) is 10.9. The Morgan fingerprint density at radius 1 is 0.815 bits per heavy atom. The van der Waals surface area contributed by atoms with E-state index < -0.39 is 0 Å². The highest BCUT2D eigenvalue weighted by molar-refractivity contribution is 5.84. The number of para-hydroxylation sites is 1. The van der Waals surface area contributed by atoms with Gasteiger partial charge in [0.05, 0.1) is 16.9 Å². The monoisotopic (exact) mass is 355 g/mol. The highest BCUT2D eigenvalue weighted by atomic mass is 15.1. The number of aromatic nitrogens is 3. The van der Waals surface area contributed by atoms with Crippen molar-refractivity contribution in [1.82, 2.24) is 15.0 Å². The predicted octanol–water partition coefficient (Wildman–Crippen LogP) is 3.93. The Balaban J connectivity index is 1.87. The van der Waals surface area contributed by atoms with Crippen molar-refractivity contribution in [3.05, 3.63) is 78.0 Å². The minimum atomic E-state index is 0.275. The number of hydrogen-bond acceptors (Lipinski definition) is 5. The average molecular weight is 355 g/mol. The van der Waals surface area contributed by atoms with Gasteiger partial charge in [-0.25, -0.2) is 15.0 Å². The van der Waals surface area contributed by atoms with Gasteiger partial charge in [-0.3, -0.25) is 0 Å². The Morgan fingerprint density at radius 2 is 1.56 bits per heavy atom. The second-order valence-corrected chi connectivity index (χ2v) is 6.67. The summed E-state index contributed by atoms with van der Waals surface area (Å²) in [6, 6.07) is 22.4. The van der Waals surface area contributed by atoms with E-state index in [2.05, 4.69) is 39.1 Å². The highest BCUT2D eigenvalue weighted by Gasteiger charge is 2.13. The van der Waals surface area contributed by atoms with E-state index in [1.807, 2.05) is 56.6 Å². The molecule has 2 heterocycles. The van der Waals surface area contributed by atoms with Gasteiger partial charge in [0, 0.05) is 31.8 Å². The molecule has 0 saturated carbocycles. The minimum absolute atomic E-state index is 0.275. The standard InChI is InChI=1S/C22H21N5/c1-27(2)20-11-7-6-10-16(20)17-12-13-18-21(24-17)19(26-22(23)25-18)14-15-8-4-3-5-9-15/h3-13H,14H2,1-2H3,(H2,23,25,26). The minimum Gasteiger partial charge on any atom is -0.377 e. The van der Waals surface area contributed by atoms with Crippen LogP contribution in [0.4, 0.5) is 11.6 Å². The van der Waals surface area contributed by atoms with Gasteiger partial charge in [0.1, 0.15) is 5.52 Å². The highest BCUT2D eigenvalue weighted by Crippen LogP contribution is 2.30. The Labute approximate surface area is 158 Å². The molecule has 0 fully saturated rings. The maximum atomic E-state index is 5.93. The van der Waals surface area contributed by atoms with Crippen molar-refractivity contribution in [3.8, 4) is 11.3 Å². The first-order valence-electron chi connectivity index (χ1n) is 8.85. The molecular formula is C22H21N5. The number of nitrogen functional groups attached to an aromatic ring is 1. The van der Waals surface area contributed by atoms with Crippen LogP contribution in [-0.2, 0) is 6.42 Å². The van der Waals surface area contributed by atoms with Crippen LogP contribution in [0.1, 0.15) is 11.3 Å². The molecule has 2 N–H and O–H groups in total. The van der Waals surface area contributed by atoms with Gasteiger partial charge in [0.15, 0.2) is 0 Å². The number of pyridine rings is 1. The molecule has 5 heteroatoms. The summed E-state index contributed by atoms with van der Waals surface area (Å²) in [5.74, 6) is 0.275. The number of anilines is 2. The quantitative estimate of drug-likeness (QED) is 0.601. The number of nitrogens with two attached hydrogens (primary N) is 1. The molecule has 0 aliphatic carbocycles. The van der Waals surface area contributed by atoms with Gasteiger partial charge in [-0.15, -0.1) is 0 Å². The molecule has 0 unspecified atom stereocenters. The summed E-state index contributed by atoms with van der Waals surface area (Å²) in [6.07, 6.45) is 0.663. The molecule has 4 aromatic rings. The molecule has 2 aromatic carbocycles. The third-order valence-corrected chi connectivity index (χ3v) is 4.51. The number of benzene rings is 2. The van der Waals surface area contributed by atoms with Gasteiger partial charge in [-0.2, -0.15) is 0 Å². The van der Waals surface area contributed by atoms with Crippen molar-refractivity contribution in [2.75, 3.05) is 24.7 Å². The fourth-order valence-corrected chi connectivity index (χ4v) is 3.24. The lowest BCUT2D eigenvalue weighted by Crippen LogP contribution is -2.10. The van der Waals surface area contributed by atoms with Crippen LogP contribution in [-0.4, -0.2) is 29.0 Å². The second-order valence-electron chi connectivity index (χ2n) is 6.67. The van der Waals surface area contributed by atoms with Crippen LogP contribution in [0.25, 0.3) is 22.3 Å². The Hall–Kier alpha value is -3.47. The number of fused-ring (bicyclic) bond motifs is 1. The topological polar surface area (TPSA) is 67.9 Å². The first-order valence-corrected chi connectivity index (χ1v) is 8.85. The summed E-state index contributed by atoms with van der Waals surface area (Å²) in [5.41, 5.74) is 12.6. The summed E-state index contributed by atoms with van der Waals surface area (Å²) >= 11 is 0. The molecule has 0 bridgehead atoms. The van der Waals surface area contributed by atoms with E-state index in [0.717, 1.165) is 39.2 Å². The molecule has 5 nitrogen and oxygen atoms in total. The van der Waals surface area contributed by atoms with Crippen LogP contribution in [0.15, 0.2) is 66.7 Å². The van der Waals surface area contributed by atoms with Gasteiger partial charge in [-0.1, -0.05) is 48.5 Å². The lowest BCUT2D eigenvalue weighted by molar-refractivity contribution is 1.06. The van der Waals surface area contributed by atoms with Gasteiger partial charge >= 0.3 is 0 Å². The molecule has 0 amide bonds. The summed E-state index contributed by atoms with van der Waals surface area (Å²) in [5, 5.41) is 0. The van der Waals surface area contributed by atoms with Crippen LogP contribution < -0.4 is 10.6 Å². The van der Waals surface area contributed by atoms with E-state index in [1.165, 1.54) is 0 Å². The van der Waals surface area contributed by atoms with Crippen molar-refractivity contribution < 1.29 is 0 Å². The molecule has 0 aliphatic rings. The smallest absolute Gasteiger partial charge is 0.220 e. The SMILES string of the molecule is CN(C)c1ccccc1-c1ccc2nc(N)nc(Cc3ccccc3)c2n1. The molecule has 0 radical (unpaired) electrons. The Bertz CT molecular complexity index is 1090. The molecule has 0 spiro atoms. The predicted molar refractivity (Wildman–Crippen MR) is 111 cm³/mol. The molecule has 4 rings (SSSR count). The average Bonchev–Trinajstić information content (AvgIpc) is 2.68. The van der Waals surface area contributed by atoms with Crippen LogP contribution in [0.3, 0.4) is 0 Å². The molecule has 27 heavy (non-hydrogen) atoms. The van der Waals surface area contributed by atoms with Crippen LogP contribution in [0.2, 0.25) is 0 Å². The van der Waals surface area contributed by atoms with Crippen LogP contribution >= 0.6 is 0 Å². The van der Waals surface area contributed by atoms with E-state index in [-0.39, 0.29) is 5.95 Å². The fraction of sp³-hybridized carbons (Fsp3) is 0.136. The summed E-state index contributed by atoms with van der Waals surface area (Å²) in [6.45, 7) is 0. The zero-order valence-electron chi connectivity index (χ0n) is 15.4. The van der Waals surface area contributed by atoms with E-state index in [4.69, 9.17) is 10.7 Å². The Kier molecular flexibility index (Phi) is 4.42. The molecular weight excluding hydrogens is 334 g/mol. The number of rotatable bonds is 4.